The molecule has 0 nitrogen and oxygen atoms in total. The van der Waals surface area contributed by atoms with Gasteiger partial charge in [-0.1, -0.05) is 0 Å². The molecule has 0 atom stereocenters. The second-order valence-electron chi connectivity index (χ2n) is 3.37. The van der Waals surface area contributed by atoms with Gasteiger partial charge in [0.05, 0.1) is 0 Å². The third kappa shape index (κ3) is 1.48. The fourth-order valence-electron chi connectivity index (χ4n) is 1.33. The summed E-state index contributed by atoms with van der Waals surface area (Å²) in [6, 6.07) is 0. The minimum absolute atomic E-state index is 0.882. The van der Waals surface area contributed by atoms with Gasteiger partial charge >= 0.3 is 53.4 Å². The predicted molar refractivity (Wildman–Crippen MR) is 36.8 cm³/mol. The first-order valence-electron chi connectivity index (χ1n) is 3.21. The maximum absolute atomic E-state index is 2.44. The third-order valence-electron chi connectivity index (χ3n) is 1.96. The van der Waals surface area contributed by atoms with Gasteiger partial charge in [-0.05, 0) is 0 Å². The van der Waals surface area contributed by atoms with Gasteiger partial charge in [-0.15, -0.1) is 0 Å². The molecule has 0 heterocycles. The van der Waals surface area contributed by atoms with E-state index in [0.717, 1.165) is 20.8 Å². The van der Waals surface area contributed by atoms with Crippen molar-refractivity contribution in [3.63, 3.8) is 0 Å². The van der Waals surface area contributed by atoms with Gasteiger partial charge in [0, 0.05) is 0 Å². The summed E-state index contributed by atoms with van der Waals surface area (Å²) in [7, 11) is 0. The molecule has 1 saturated carbocycles. The normalized spacial score (nSPS) is 28.7. The summed E-state index contributed by atoms with van der Waals surface area (Å²) in [4.78, 5) is 0. The monoisotopic (exact) mass is 160 g/mol. The third-order valence-corrected chi connectivity index (χ3v) is 4.06. The molecular weight excluding hydrogens is 145 g/mol. The fourth-order valence-corrected chi connectivity index (χ4v) is 2.82. The number of rotatable bonds is 0. The van der Waals surface area contributed by atoms with Gasteiger partial charge < -0.3 is 0 Å². The zero-order chi connectivity index (χ0) is 5.33. The molecule has 1 aliphatic carbocycles. The van der Waals surface area contributed by atoms with Crippen molar-refractivity contribution >= 4 is 16.5 Å². The fraction of sp³-hybridized carbons (Fsp3) is 1.00. The Balaban J connectivity index is 2.40. The summed E-state index contributed by atoms with van der Waals surface area (Å²) in [5.41, 5.74) is 0. The number of hydrogen-bond donors (Lipinski definition) is 0. The maximum atomic E-state index is 2.44. The Morgan fingerprint density at radius 3 is 1.86 bits per heavy atom. The Morgan fingerprint density at radius 2 is 1.71 bits per heavy atom. The summed E-state index contributed by atoms with van der Waals surface area (Å²) < 4.78 is 0.882. The Bertz CT molecular complexity index is 58.6. The van der Waals surface area contributed by atoms with Crippen LogP contribution in [0, 0.1) is 0 Å². The van der Waals surface area contributed by atoms with Crippen LogP contribution in [0.25, 0.3) is 0 Å². The van der Waals surface area contributed by atoms with Crippen molar-refractivity contribution in [1.29, 1.82) is 0 Å². The van der Waals surface area contributed by atoms with Crippen LogP contribution in [-0.2, 0) is 0 Å². The quantitative estimate of drug-likeness (QED) is 0.464. The van der Waals surface area contributed by atoms with Crippen molar-refractivity contribution in [1.82, 2.24) is 0 Å². The molecule has 1 rings (SSSR count). The summed E-state index contributed by atoms with van der Waals surface area (Å²) >= 11 is 1.08. The molecular formula is C6H14Ge. The Morgan fingerprint density at radius 1 is 1.29 bits per heavy atom. The van der Waals surface area contributed by atoms with Crippen LogP contribution in [0.15, 0.2) is 0 Å². The Hall–Kier alpha value is 0.543. The van der Waals surface area contributed by atoms with E-state index in [1.807, 2.05) is 0 Å². The van der Waals surface area contributed by atoms with E-state index < -0.39 is 0 Å². The summed E-state index contributed by atoms with van der Waals surface area (Å²) in [5, 5.41) is 0. The van der Waals surface area contributed by atoms with Crippen molar-refractivity contribution in [2.24, 2.45) is 0 Å². The van der Waals surface area contributed by atoms with Crippen molar-refractivity contribution in [2.75, 3.05) is 0 Å². The molecule has 0 radical (unpaired) electrons. The van der Waals surface area contributed by atoms with E-state index in [-0.39, 0.29) is 0 Å². The van der Waals surface area contributed by atoms with Crippen molar-refractivity contribution in [2.45, 2.75) is 36.9 Å². The van der Waals surface area contributed by atoms with Crippen molar-refractivity contribution in [3.05, 3.63) is 0 Å². The van der Waals surface area contributed by atoms with Crippen LogP contribution in [0.1, 0.15) is 32.6 Å². The standard InChI is InChI=1S/C6H14Ge/c1-6(7)4-2-3-5-6/h2-5H2,1,7H3. The molecule has 0 aromatic rings. The van der Waals surface area contributed by atoms with Crippen LogP contribution >= 0.6 is 0 Å². The van der Waals surface area contributed by atoms with Crippen LogP contribution in [0.4, 0.5) is 0 Å². The molecule has 0 spiro atoms. The zero-order valence-corrected chi connectivity index (χ0v) is 9.52. The van der Waals surface area contributed by atoms with Gasteiger partial charge in [0.15, 0.2) is 0 Å². The second kappa shape index (κ2) is 1.81. The van der Waals surface area contributed by atoms with E-state index in [1.165, 1.54) is 25.7 Å². The molecule has 0 aromatic heterocycles. The molecule has 1 aliphatic rings. The van der Waals surface area contributed by atoms with E-state index in [1.54, 1.807) is 0 Å². The Kier molecular flexibility index (Phi) is 1.47. The molecule has 0 bridgehead atoms. The first-order valence-corrected chi connectivity index (χ1v) is 5.31. The molecule has 7 heavy (non-hydrogen) atoms. The SMILES string of the molecule is C[C]1([GeH3])CCCC1. The second-order valence-corrected chi connectivity index (χ2v) is 8.44. The first-order chi connectivity index (χ1) is 3.21. The molecule has 0 N–H and O–H groups in total. The molecule has 0 aromatic carbocycles. The average molecular weight is 159 g/mol. The molecule has 0 aliphatic heterocycles. The minimum atomic E-state index is 0.882. The van der Waals surface area contributed by atoms with Crippen LogP contribution < -0.4 is 0 Å². The molecule has 1 heteroatoms. The van der Waals surface area contributed by atoms with E-state index in [2.05, 4.69) is 6.92 Å². The summed E-state index contributed by atoms with van der Waals surface area (Å²) in [5.74, 6) is 0. The van der Waals surface area contributed by atoms with Crippen LogP contribution in [0.3, 0.4) is 0 Å². The average Bonchev–Trinajstić information content (AvgIpc) is 1.84. The predicted octanol–water partition coefficient (Wildman–Crippen LogP) is 1.10. The first kappa shape index (κ1) is 5.68. The van der Waals surface area contributed by atoms with Crippen LogP contribution in [0.2, 0.25) is 4.25 Å². The number of hydrogen-bond acceptors (Lipinski definition) is 0. The van der Waals surface area contributed by atoms with Gasteiger partial charge in [0.2, 0.25) is 0 Å². The van der Waals surface area contributed by atoms with Crippen molar-refractivity contribution in [3.8, 4) is 0 Å². The molecule has 42 valence electrons. The molecule has 0 unspecified atom stereocenters. The van der Waals surface area contributed by atoms with E-state index in [9.17, 15) is 0 Å². The summed E-state index contributed by atoms with van der Waals surface area (Å²) in [6.07, 6.45) is 6.09. The van der Waals surface area contributed by atoms with Crippen LogP contribution in [0.5, 0.6) is 0 Å². The molecule has 0 saturated heterocycles. The van der Waals surface area contributed by atoms with Crippen molar-refractivity contribution < 1.29 is 0 Å². The van der Waals surface area contributed by atoms with Gasteiger partial charge in [-0.25, -0.2) is 0 Å². The molecule has 0 amide bonds. The van der Waals surface area contributed by atoms with Gasteiger partial charge in [0.25, 0.3) is 0 Å². The van der Waals surface area contributed by atoms with Crippen LogP contribution in [-0.4, -0.2) is 16.5 Å². The van der Waals surface area contributed by atoms with E-state index in [0.29, 0.717) is 0 Å². The topological polar surface area (TPSA) is 0 Å². The van der Waals surface area contributed by atoms with E-state index >= 15 is 0 Å². The Labute approximate surface area is 53.9 Å². The zero-order valence-electron chi connectivity index (χ0n) is 5.33. The summed E-state index contributed by atoms with van der Waals surface area (Å²) in [6.45, 7) is 2.44. The van der Waals surface area contributed by atoms with Gasteiger partial charge in [-0.3, -0.25) is 0 Å². The molecule has 1 fully saturated rings. The van der Waals surface area contributed by atoms with Gasteiger partial charge in [0.1, 0.15) is 0 Å². The van der Waals surface area contributed by atoms with Gasteiger partial charge in [-0.2, -0.15) is 0 Å². The van der Waals surface area contributed by atoms with E-state index in [4.69, 9.17) is 0 Å².